The summed E-state index contributed by atoms with van der Waals surface area (Å²) in [4.78, 5) is 35.3. The average Bonchev–Trinajstić information content (AvgIpc) is 2.75. The van der Waals surface area contributed by atoms with Crippen molar-refractivity contribution in [2.45, 2.75) is 13.8 Å². The first kappa shape index (κ1) is 20.0. The van der Waals surface area contributed by atoms with E-state index in [-0.39, 0.29) is 17.0 Å². The van der Waals surface area contributed by atoms with Crippen LogP contribution in [0, 0.1) is 24.0 Å². The molecular formula is C24H17NO6. The maximum atomic E-state index is 12.6. The van der Waals surface area contributed by atoms with E-state index in [0.29, 0.717) is 22.1 Å². The highest BCUT2D eigenvalue weighted by atomic mass is 16.6. The molecule has 0 radical (unpaired) electrons. The van der Waals surface area contributed by atoms with E-state index in [4.69, 9.17) is 9.15 Å². The Balaban J connectivity index is 1.74. The molecule has 31 heavy (non-hydrogen) atoms. The summed E-state index contributed by atoms with van der Waals surface area (Å²) >= 11 is 0. The summed E-state index contributed by atoms with van der Waals surface area (Å²) in [5.74, 6) is -0.427. The lowest BCUT2D eigenvalue weighted by Gasteiger charge is -2.12. The van der Waals surface area contributed by atoms with E-state index < -0.39 is 16.5 Å². The number of carbonyl (C=O) groups excluding carboxylic acids is 1. The maximum Gasteiger partial charge on any atom is 0.343 e. The van der Waals surface area contributed by atoms with Crippen LogP contribution in [0.15, 0.2) is 75.9 Å². The predicted octanol–water partition coefficient (Wildman–Crippen LogP) is 5.20. The molecule has 0 unspecified atom stereocenters. The molecule has 4 rings (SSSR count). The van der Waals surface area contributed by atoms with Gasteiger partial charge in [-0.1, -0.05) is 30.3 Å². The Morgan fingerprint density at radius 1 is 1.00 bits per heavy atom. The Kier molecular flexibility index (Phi) is 5.09. The lowest BCUT2D eigenvalue weighted by Crippen LogP contribution is -2.10. The van der Waals surface area contributed by atoms with Crippen LogP contribution in [0.4, 0.5) is 5.69 Å². The fourth-order valence-corrected chi connectivity index (χ4v) is 3.46. The molecule has 0 amide bonds. The summed E-state index contributed by atoms with van der Waals surface area (Å²) in [5, 5.41) is 11.7. The predicted molar refractivity (Wildman–Crippen MR) is 115 cm³/mol. The summed E-state index contributed by atoms with van der Waals surface area (Å²) in [5.41, 5.74) is 2.37. The van der Waals surface area contributed by atoms with E-state index in [1.54, 1.807) is 26.0 Å². The number of aryl methyl sites for hydroxylation is 2. The van der Waals surface area contributed by atoms with E-state index in [9.17, 15) is 19.7 Å². The molecule has 1 heterocycles. The second kappa shape index (κ2) is 7.87. The van der Waals surface area contributed by atoms with Crippen LogP contribution in [0.25, 0.3) is 22.1 Å². The highest BCUT2D eigenvalue weighted by molar-refractivity contribution is 5.97. The third-order valence-electron chi connectivity index (χ3n) is 5.03. The third kappa shape index (κ3) is 3.81. The van der Waals surface area contributed by atoms with Gasteiger partial charge in [-0.25, -0.2) is 9.59 Å². The standard InChI is InChI=1S/C24H17NO6/c1-14-12-17(8-10-20(14)25(28)29)24(27)30-21-11-9-18-19(16-6-4-3-5-7-16)13-22(26)31-23(18)15(21)2/h3-13H,1-2H3. The minimum absolute atomic E-state index is 0.0753. The summed E-state index contributed by atoms with van der Waals surface area (Å²) < 4.78 is 10.9. The van der Waals surface area contributed by atoms with Gasteiger partial charge in [-0.15, -0.1) is 0 Å². The SMILES string of the molecule is Cc1cc(C(=O)Oc2ccc3c(-c4ccccc4)cc(=O)oc3c2C)ccc1[N+](=O)[O-]. The number of esters is 1. The second-order valence-corrected chi connectivity index (χ2v) is 7.06. The zero-order valence-corrected chi connectivity index (χ0v) is 16.7. The minimum atomic E-state index is -0.665. The Bertz CT molecular complexity index is 1390. The van der Waals surface area contributed by atoms with E-state index in [2.05, 4.69) is 0 Å². The van der Waals surface area contributed by atoms with Crippen LogP contribution in [-0.4, -0.2) is 10.9 Å². The van der Waals surface area contributed by atoms with Crippen LogP contribution in [0.1, 0.15) is 21.5 Å². The fraction of sp³-hybridized carbons (Fsp3) is 0.0833. The van der Waals surface area contributed by atoms with Crippen LogP contribution in [0.2, 0.25) is 0 Å². The Labute approximate surface area is 176 Å². The van der Waals surface area contributed by atoms with Crippen LogP contribution in [0.5, 0.6) is 5.75 Å². The van der Waals surface area contributed by atoms with Gasteiger partial charge >= 0.3 is 11.6 Å². The molecule has 7 heteroatoms. The molecule has 0 spiro atoms. The quantitative estimate of drug-likeness (QED) is 0.149. The van der Waals surface area contributed by atoms with Gasteiger partial charge in [0.1, 0.15) is 11.3 Å². The first-order valence-corrected chi connectivity index (χ1v) is 9.45. The number of fused-ring (bicyclic) bond motifs is 1. The average molecular weight is 415 g/mol. The number of ether oxygens (including phenoxy) is 1. The van der Waals surface area contributed by atoms with Crippen LogP contribution in [-0.2, 0) is 0 Å². The van der Waals surface area contributed by atoms with Gasteiger partial charge in [0.2, 0.25) is 0 Å². The number of benzene rings is 3. The zero-order valence-electron chi connectivity index (χ0n) is 16.7. The van der Waals surface area contributed by atoms with E-state index in [1.807, 2.05) is 30.3 Å². The Hall–Kier alpha value is -4.26. The number of nitro groups is 1. The third-order valence-corrected chi connectivity index (χ3v) is 5.03. The summed E-state index contributed by atoms with van der Waals surface area (Å²) in [6.45, 7) is 3.25. The monoisotopic (exact) mass is 415 g/mol. The van der Waals surface area contributed by atoms with Crippen molar-refractivity contribution >= 4 is 22.6 Å². The molecule has 0 aliphatic rings. The van der Waals surface area contributed by atoms with Crippen molar-refractivity contribution in [2.24, 2.45) is 0 Å². The van der Waals surface area contributed by atoms with E-state index in [0.717, 1.165) is 11.1 Å². The topological polar surface area (TPSA) is 99.7 Å². The zero-order chi connectivity index (χ0) is 22.1. The number of hydrogen-bond donors (Lipinski definition) is 0. The van der Waals surface area contributed by atoms with Gasteiger partial charge < -0.3 is 9.15 Å². The van der Waals surface area contributed by atoms with Crippen LogP contribution >= 0.6 is 0 Å². The normalized spacial score (nSPS) is 10.8. The molecule has 4 aromatic rings. The van der Waals surface area contributed by atoms with Crippen molar-refractivity contribution in [2.75, 3.05) is 0 Å². The van der Waals surface area contributed by atoms with Gasteiger partial charge in [-0.3, -0.25) is 10.1 Å². The molecule has 3 aromatic carbocycles. The number of nitrogens with zero attached hydrogens (tertiary/aromatic N) is 1. The molecule has 0 aliphatic heterocycles. The number of rotatable bonds is 4. The van der Waals surface area contributed by atoms with E-state index >= 15 is 0 Å². The molecule has 0 bridgehead atoms. The minimum Gasteiger partial charge on any atom is -0.423 e. The molecule has 7 nitrogen and oxygen atoms in total. The van der Waals surface area contributed by atoms with Crippen molar-refractivity contribution in [1.82, 2.24) is 0 Å². The molecule has 154 valence electrons. The Morgan fingerprint density at radius 2 is 1.74 bits per heavy atom. The maximum absolute atomic E-state index is 12.6. The number of nitro benzene ring substituents is 1. The summed E-state index contributed by atoms with van der Waals surface area (Å²) in [7, 11) is 0. The highest BCUT2D eigenvalue weighted by Gasteiger charge is 2.18. The molecule has 0 aliphatic carbocycles. The Morgan fingerprint density at radius 3 is 2.42 bits per heavy atom. The number of carbonyl (C=O) groups is 1. The summed E-state index contributed by atoms with van der Waals surface area (Å²) in [6, 6.07) is 18.3. The fourth-order valence-electron chi connectivity index (χ4n) is 3.46. The van der Waals surface area contributed by atoms with Crippen molar-refractivity contribution < 1.29 is 18.9 Å². The van der Waals surface area contributed by atoms with Crippen LogP contribution < -0.4 is 10.4 Å². The van der Waals surface area contributed by atoms with Crippen molar-refractivity contribution in [1.29, 1.82) is 0 Å². The first-order chi connectivity index (χ1) is 14.8. The van der Waals surface area contributed by atoms with Gasteiger partial charge in [-0.2, -0.15) is 0 Å². The lowest BCUT2D eigenvalue weighted by molar-refractivity contribution is -0.385. The second-order valence-electron chi connectivity index (χ2n) is 7.06. The molecule has 0 saturated carbocycles. The molecule has 1 aromatic heterocycles. The molecule has 0 N–H and O–H groups in total. The van der Waals surface area contributed by atoms with Gasteiger partial charge in [0.15, 0.2) is 0 Å². The molecule has 0 fully saturated rings. The van der Waals surface area contributed by atoms with Gasteiger partial charge in [0.25, 0.3) is 5.69 Å². The van der Waals surface area contributed by atoms with Crippen molar-refractivity contribution in [3.63, 3.8) is 0 Å². The van der Waals surface area contributed by atoms with Gasteiger partial charge in [0.05, 0.1) is 10.5 Å². The summed E-state index contributed by atoms with van der Waals surface area (Å²) in [6.07, 6.45) is 0. The van der Waals surface area contributed by atoms with Crippen molar-refractivity contribution in [3.05, 3.63) is 104 Å². The lowest BCUT2D eigenvalue weighted by atomic mass is 10.00. The molecule has 0 atom stereocenters. The van der Waals surface area contributed by atoms with Gasteiger partial charge in [-0.05, 0) is 49.2 Å². The van der Waals surface area contributed by atoms with Gasteiger partial charge in [0, 0.05) is 28.6 Å². The smallest absolute Gasteiger partial charge is 0.343 e. The van der Waals surface area contributed by atoms with E-state index in [1.165, 1.54) is 24.3 Å². The highest BCUT2D eigenvalue weighted by Crippen LogP contribution is 2.33. The largest absolute Gasteiger partial charge is 0.423 e. The van der Waals surface area contributed by atoms with Crippen molar-refractivity contribution in [3.8, 4) is 16.9 Å². The molecule has 0 saturated heterocycles. The number of hydrogen-bond acceptors (Lipinski definition) is 6. The molecular weight excluding hydrogens is 398 g/mol. The first-order valence-electron chi connectivity index (χ1n) is 9.45. The van der Waals surface area contributed by atoms with Crippen LogP contribution in [0.3, 0.4) is 0 Å².